The summed E-state index contributed by atoms with van der Waals surface area (Å²) in [4.78, 5) is 0. The van der Waals surface area contributed by atoms with Crippen LogP contribution in [-0.2, 0) is 0 Å². The topological polar surface area (TPSA) is 32.3 Å². The molecule has 2 nitrogen and oxygen atoms in total. The molecule has 1 unspecified atom stereocenters. The second-order valence-electron chi connectivity index (χ2n) is 5.80. The smallest absolute Gasteiger partial charge is 0.126 e. The van der Waals surface area contributed by atoms with Gasteiger partial charge in [-0.3, -0.25) is 0 Å². The zero-order valence-corrected chi connectivity index (χ0v) is 11.8. The quantitative estimate of drug-likeness (QED) is 0.875. The van der Waals surface area contributed by atoms with E-state index in [9.17, 15) is 4.39 Å². The van der Waals surface area contributed by atoms with Crippen molar-refractivity contribution in [1.82, 2.24) is 5.32 Å². The lowest BCUT2D eigenvalue weighted by Gasteiger charge is -2.30. The Bertz CT molecular complexity index is 413. The number of aliphatic hydroxyl groups is 1. The van der Waals surface area contributed by atoms with Gasteiger partial charge in [0.1, 0.15) is 5.82 Å². The Morgan fingerprint density at radius 3 is 2.58 bits per heavy atom. The van der Waals surface area contributed by atoms with Gasteiger partial charge in [0.2, 0.25) is 0 Å². The number of hydrogen-bond donors (Lipinski definition) is 2. The van der Waals surface area contributed by atoms with Crippen LogP contribution >= 0.6 is 0 Å². The molecule has 2 rings (SSSR count). The highest BCUT2D eigenvalue weighted by molar-refractivity contribution is 5.25. The average Bonchev–Trinajstić information content (AvgIpc) is 2.42. The van der Waals surface area contributed by atoms with Gasteiger partial charge in [0.15, 0.2) is 0 Å². The van der Waals surface area contributed by atoms with Crippen molar-refractivity contribution in [3.05, 3.63) is 35.1 Å². The van der Waals surface area contributed by atoms with Crippen molar-refractivity contribution in [2.24, 2.45) is 5.92 Å². The molecule has 0 saturated heterocycles. The second-order valence-corrected chi connectivity index (χ2v) is 5.80. The molecule has 0 radical (unpaired) electrons. The fourth-order valence-corrected chi connectivity index (χ4v) is 2.84. The molecule has 0 amide bonds. The van der Waals surface area contributed by atoms with Crippen LogP contribution in [0.2, 0.25) is 0 Å². The van der Waals surface area contributed by atoms with Crippen molar-refractivity contribution >= 4 is 0 Å². The number of hydrogen-bond acceptors (Lipinski definition) is 2. The summed E-state index contributed by atoms with van der Waals surface area (Å²) in [6.07, 6.45) is 4.38. The first-order chi connectivity index (χ1) is 9.10. The maximum Gasteiger partial charge on any atom is 0.126 e. The van der Waals surface area contributed by atoms with Gasteiger partial charge >= 0.3 is 0 Å². The minimum Gasteiger partial charge on any atom is -0.396 e. The highest BCUT2D eigenvalue weighted by Crippen LogP contribution is 2.26. The van der Waals surface area contributed by atoms with Crippen molar-refractivity contribution < 1.29 is 9.50 Å². The minimum atomic E-state index is -0.130. The van der Waals surface area contributed by atoms with E-state index < -0.39 is 0 Å². The summed E-state index contributed by atoms with van der Waals surface area (Å²) in [6, 6.07) is 6.13. The molecular formula is C16H24FNO. The lowest BCUT2D eigenvalue weighted by Crippen LogP contribution is -2.35. The molecule has 3 heteroatoms. The number of rotatable bonds is 4. The predicted octanol–water partition coefficient (Wildman–Crippen LogP) is 3.34. The zero-order valence-electron chi connectivity index (χ0n) is 11.8. The molecule has 1 aliphatic carbocycles. The van der Waals surface area contributed by atoms with E-state index in [0.717, 1.165) is 31.2 Å². The Morgan fingerprint density at radius 2 is 2.00 bits per heavy atom. The first kappa shape index (κ1) is 14.5. The zero-order chi connectivity index (χ0) is 13.8. The molecule has 0 bridgehead atoms. The fraction of sp³-hybridized carbons (Fsp3) is 0.625. The Balaban J connectivity index is 1.90. The van der Waals surface area contributed by atoms with Gasteiger partial charge in [0.05, 0.1) is 0 Å². The van der Waals surface area contributed by atoms with Crippen LogP contribution in [0, 0.1) is 18.7 Å². The molecule has 0 heterocycles. The molecule has 1 aromatic rings. The monoisotopic (exact) mass is 265 g/mol. The van der Waals surface area contributed by atoms with Crippen molar-refractivity contribution in [2.45, 2.75) is 51.6 Å². The van der Waals surface area contributed by atoms with E-state index in [2.05, 4.69) is 12.2 Å². The van der Waals surface area contributed by atoms with Gasteiger partial charge in [-0.25, -0.2) is 4.39 Å². The van der Waals surface area contributed by atoms with E-state index in [1.54, 1.807) is 13.0 Å². The molecule has 106 valence electrons. The van der Waals surface area contributed by atoms with Gasteiger partial charge in [0.25, 0.3) is 0 Å². The van der Waals surface area contributed by atoms with Crippen LogP contribution in [-0.4, -0.2) is 17.8 Å². The number of benzene rings is 1. The van der Waals surface area contributed by atoms with Gasteiger partial charge in [-0.05, 0) is 62.6 Å². The van der Waals surface area contributed by atoms with Gasteiger partial charge in [-0.2, -0.15) is 0 Å². The molecule has 0 aromatic heterocycles. The number of nitrogens with one attached hydrogen (secondary N) is 1. The molecule has 19 heavy (non-hydrogen) atoms. The molecule has 1 aromatic carbocycles. The summed E-state index contributed by atoms with van der Waals surface area (Å²) < 4.78 is 13.6. The van der Waals surface area contributed by atoms with Crippen molar-refractivity contribution in [3.63, 3.8) is 0 Å². The molecule has 2 N–H and O–H groups in total. The molecule has 0 spiro atoms. The van der Waals surface area contributed by atoms with E-state index in [1.807, 2.05) is 12.1 Å². The SMILES string of the molecule is Cc1ccc(C(C)NC2CCC(CO)CC2)cc1F. The summed E-state index contributed by atoms with van der Waals surface area (Å²) in [5.41, 5.74) is 1.70. The Kier molecular flexibility index (Phi) is 4.94. The summed E-state index contributed by atoms with van der Waals surface area (Å²) in [7, 11) is 0. The molecule has 0 aliphatic heterocycles. The average molecular weight is 265 g/mol. The van der Waals surface area contributed by atoms with Crippen LogP contribution in [0.4, 0.5) is 4.39 Å². The maximum atomic E-state index is 13.6. The highest BCUT2D eigenvalue weighted by Gasteiger charge is 2.22. The summed E-state index contributed by atoms with van der Waals surface area (Å²) in [6.45, 7) is 4.18. The molecule has 1 aliphatic rings. The van der Waals surface area contributed by atoms with E-state index >= 15 is 0 Å². The Labute approximate surface area is 115 Å². The van der Waals surface area contributed by atoms with Gasteiger partial charge in [-0.15, -0.1) is 0 Å². The van der Waals surface area contributed by atoms with Gasteiger partial charge in [0, 0.05) is 18.7 Å². The number of aliphatic hydroxyl groups excluding tert-OH is 1. The van der Waals surface area contributed by atoms with Crippen molar-refractivity contribution in [1.29, 1.82) is 0 Å². The van der Waals surface area contributed by atoms with Crippen LogP contribution in [0.3, 0.4) is 0 Å². The van der Waals surface area contributed by atoms with Crippen molar-refractivity contribution in [2.75, 3.05) is 6.61 Å². The van der Waals surface area contributed by atoms with Gasteiger partial charge in [-0.1, -0.05) is 12.1 Å². The lowest BCUT2D eigenvalue weighted by atomic mass is 9.86. The van der Waals surface area contributed by atoms with E-state index in [-0.39, 0.29) is 11.9 Å². The van der Waals surface area contributed by atoms with E-state index in [0.29, 0.717) is 24.1 Å². The molecule has 1 atom stereocenters. The van der Waals surface area contributed by atoms with E-state index in [1.165, 1.54) is 0 Å². The van der Waals surface area contributed by atoms with Crippen LogP contribution in [0.25, 0.3) is 0 Å². The van der Waals surface area contributed by atoms with Crippen LogP contribution < -0.4 is 5.32 Å². The molecular weight excluding hydrogens is 241 g/mol. The van der Waals surface area contributed by atoms with E-state index in [4.69, 9.17) is 5.11 Å². The maximum absolute atomic E-state index is 13.6. The largest absolute Gasteiger partial charge is 0.396 e. The summed E-state index contributed by atoms with van der Waals surface area (Å²) >= 11 is 0. The highest BCUT2D eigenvalue weighted by atomic mass is 19.1. The Morgan fingerprint density at radius 1 is 1.32 bits per heavy atom. The van der Waals surface area contributed by atoms with Gasteiger partial charge < -0.3 is 10.4 Å². The van der Waals surface area contributed by atoms with Crippen LogP contribution in [0.15, 0.2) is 18.2 Å². The summed E-state index contributed by atoms with van der Waals surface area (Å²) in [5.74, 6) is 0.348. The number of aryl methyl sites for hydroxylation is 1. The third kappa shape index (κ3) is 3.77. The summed E-state index contributed by atoms with van der Waals surface area (Å²) in [5, 5.41) is 12.7. The standard InChI is InChI=1S/C16H24FNO/c1-11-3-6-14(9-16(11)17)12(2)18-15-7-4-13(10-19)5-8-15/h3,6,9,12-13,15,18-19H,4-5,7-8,10H2,1-2H3. The second kappa shape index (κ2) is 6.49. The Hall–Kier alpha value is -0.930. The first-order valence-electron chi connectivity index (χ1n) is 7.23. The molecule has 1 fully saturated rings. The first-order valence-corrected chi connectivity index (χ1v) is 7.23. The van der Waals surface area contributed by atoms with Crippen LogP contribution in [0.5, 0.6) is 0 Å². The normalized spacial score (nSPS) is 25.3. The minimum absolute atomic E-state index is 0.130. The van der Waals surface area contributed by atoms with Crippen molar-refractivity contribution in [3.8, 4) is 0 Å². The fourth-order valence-electron chi connectivity index (χ4n) is 2.84. The predicted molar refractivity (Wildman–Crippen MR) is 75.5 cm³/mol. The lowest BCUT2D eigenvalue weighted by molar-refractivity contribution is 0.172. The third-order valence-corrected chi connectivity index (χ3v) is 4.29. The molecule has 1 saturated carbocycles. The third-order valence-electron chi connectivity index (χ3n) is 4.29. The van der Waals surface area contributed by atoms with Crippen LogP contribution in [0.1, 0.15) is 49.8 Å². The number of halogens is 1.